The molecule has 0 bridgehead atoms. The van der Waals surface area contributed by atoms with Crippen molar-refractivity contribution in [3.05, 3.63) is 24.7 Å². The maximum atomic E-state index is 10.9. The highest BCUT2D eigenvalue weighted by Crippen LogP contribution is 2.07. The van der Waals surface area contributed by atoms with Gasteiger partial charge in [0, 0.05) is 6.20 Å². The molecule has 0 saturated carbocycles. The molecule has 9 heteroatoms. The van der Waals surface area contributed by atoms with E-state index >= 15 is 0 Å². The van der Waals surface area contributed by atoms with Crippen molar-refractivity contribution in [2.75, 3.05) is 0 Å². The number of tetrazole rings is 1. The lowest BCUT2D eigenvalue weighted by molar-refractivity contribution is 0.597. The van der Waals surface area contributed by atoms with Crippen molar-refractivity contribution < 1.29 is 8.42 Å². The quantitative estimate of drug-likeness (QED) is 0.680. The Bertz CT molecular complexity index is 546. The molecule has 0 amide bonds. The van der Waals surface area contributed by atoms with Crippen molar-refractivity contribution in [3.63, 3.8) is 0 Å². The second-order valence-corrected chi connectivity index (χ2v) is 4.21. The number of primary sulfonamides is 1. The Morgan fingerprint density at radius 3 is 2.60 bits per heavy atom. The number of nitrogens with zero attached hydrogens (tertiary/aromatic N) is 5. The first-order valence-corrected chi connectivity index (χ1v) is 5.34. The molecule has 0 fully saturated rings. The molecule has 78 valence electrons. The number of sulfonamides is 1. The van der Waals surface area contributed by atoms with Gasteiger partial charge in [-0.25, -0.2) is 18.5 Å². The molecular weight excluding hydrogens is 220 g/mol. The van der Waals surface area contributed by atoms with E-state index in [1.807, 2.05) is 0 Å². The standard InChI is InChI=1S/C6H6N6O2S/c7-15(13,14)5-1-2-6(8-3-5)12-4-9-10-11-12/h1-4H,(H2,7,13,14). The van der Waals surface area contributed by atoms with Gasteiger partial charge < -0.3 is 0 Å². The van der Waals surface area contributed by atoms with Crippen LogP contribution in [-0.2, 0) is 10.0 Å². The Hall–Kier alpha value is -1.87. The van der Waals surface area contributed by atoms with Crippen LogP contribution in [-0.4, -0.2) is 33.6 Å². The number of hydrogen-bond acceptors (Lipinski definition) is 6. The van der Waals surface area contributed by atoms with Crippen LogP contribution >= 0.6 is 0 Å². The lowest BCUT2D eigenvalue weighted by Gasteiger charge is -1.99. The summed E-state index contributed by atoms with van der Waals surface area (Å²) in [4.78, 5) is 3.79. The van der Waals surface area contributed by atoms with Gasteiger partial charge in [-0.15, -0.1) is 5.10 Å². The molecule has 2 aromatic rings. The molecule has 8 nitrogen and oxygen atoms in total. The molecule has 15 heavy (non-hydrogen) atoms. The third-order valence-electron chi connectivity index (χ3n) is 1.63. The van der Waals surface area contributed by atoms with Crippen LogP contribution in [0.4, 0.5) is 0 Å². The van der Waals surface area contributed by atoms with E-state index in [1.54, 1.807) is 0 Å². The summed E-state index contributed by atoms with van der Waals surface area (Å²) >= 11 is 0. The van der Waals surface area contributed by atoms with Crippen LogP contribution in [0.25, 0.3) is 5.82 Å². The third kappa shape index (κ3) is 1.97. The topological polar surface area (TPSA) is 117 Å². The highest BCUT2D eigenvalue weighted by molar-refractivity contribution is 7.89. The van der Waals surface area contributed by atoms with Crippen molar-refractivity contribution >= 4 is 10.0 Å². The zero-order chi connectivity index (χ0) is 10.9. The zero-order valence-electron chi connectivity index (χ0n) is 7.35. The fourth-order valence-corrected chi connectivity index (χ4v) is 1.40. The molecule has 0 saturated heterocycles. The molecule has 0 atom stereocenters. The maximum Gasteiger partial charge on any atom is 0.239 e. The summed E-state index contributed by atoms with van der Waals surface area (Å²) in [6.07, 6.45) is 2.49. The Morgan fingerprint density at radius 1 is 1.33 bits per heavy atom. The Kier molecular flexibility index (Phi) is 2.17. The predicted molar refractivity (Wildman–Crippen MR) is 48.3 cm³/mol. The van der Waals surface area contributed by atoms with Gasteiger partial charge in [0.2, 0.25) is 10.0 Å². The second-order valence-electron chi connectivity index (χ2n) is 2.65. The number of nitrogens with two attached hydrogens (primary N) is 1. The third-order valence-corrected chi connectivity index (χ3v) is 2.53. The van der Waals surface area contributed by atoms with E-state index < -0.39 is 10.0 Å². The summed E-state index contributed by atoms with van der Waals surface area (Å²) in [5.74, 6) is 0.410. The van der Waals surface area contributed by atoms with Crippen LogP contribution in [0.1, 0.15) is 0 Å². The van der Waals surface area contributed by atoms with Gasteiger partial charge in [-0.1, -0.05) is 0 Å². The van der Waals surface area contributed by atoms with E-state index in [0.29, 0.717) is 5.82 Å². The number of hydrogen-bond donors (Lipinski definition) is 1. The first kappa shape index (κ1) is 9.68. The van der Waals surface area contributed by atoms with Crippen LogP contribution in [0.5, 0.6) is 0 Å². The monoisotopic (exact) mass is 226 g/mol. The molecule has 0 aliphatic carbocycles. The van der Waals surface area contributed by atoms with E-state index in [-0.39, 0.29) is 4.90 Å². The molecule has 0 aromatic carbocycles. The van der Waals surface area contributed by atoms with Gasteiger partial charge in [-0.05, 0) is 22.6 Å². The molecule has 0 aliphatic heterocycles. The average Bonchev–Trinajstić information content (AvgIpc) is 2.69. The summed E-state index contributed by atoms with van der Waals surface area (Å²) in [5, 5.41) is 15.3. The minimum absolute atomic E-state index is 0.0562. The smallest absolute Gasteiger partial charge is 0.236 e. The van der Waals surface area contributed by atoms with Gasteiger partial charge in [0.25, 0.3) is 0 Å². The molecule has 2 rings (SSSR count). The van der Waals surface area contributed by atoms with Crippen molar-refractivity contribution in [2.45, 2.75) is 4.90 Å². The summed E-state index contributed by atoms with van der Waals surface area (Å²) in [6, 6.07) is 2.79. The van der Waals surface area contributed by atoms with Crippen molar-refractivity contribution in [1.82, 2.24) is 25.2 Å². The second kappa shape index (κ2) is 3.37. The molecule has 0 unspecified atom stereocenters. The number of pyridine rings is 1. The van der Waals surface area contributed by atoms with E-state index in [9.17, 15) is 8.42 Å². The molecular formula is C6H6N6O2S. The first-order valence-electron chi connectivity index (χ1n) is 3.79. The van der Waals surface area contributed by atoms with Crippen LogP contribution < -0.4 is 5.14 Å². The maximum absolute atomic E-state index is 10.9. The van der Waals surface area contributed by atoms with E-state index in [2.05, 4.69) is 20.5 Å². The van der Waals surface area contributed by atoms with Gasteiger partial charge in [0.15, 0.2) is 5.82 Å². The van der Waals surface area contributed by atoms with E-state index in [4.69, 9.17) is 5.14 Å². The first-order chi connectivity index (χ1) is 7.07. The highest BCUT2D eigenvalue weighted by atomic mass is 32.2. The highest BCUT2D eigenvalue weighted by Gasteiger charge is 2.08. The lowest BCUT2D eigenvalue weighted by atomic mass is 10.5. The summed E-state index contributed by atoms with van der Waals surface area (Å²) in [6.45, 7) is 0. The van der Waals surface area contributed by atoms with Gasteiger partial charge >= 0.3 is 0 Å². The molecule has 0 radical (unpaired) electrons. The predicted octanol–water partition coefficient (Wildman–Crippen LogP) is -1.30. The van der Waals surface area contributed by atoms with Gasteiger partial charge in [0.05, 0.1) is 0 Å². The minimum atomic E-state index is -3.71. The Labute approximate surface area is 84.8 Å². The summed E-state index contributed by atoms with van der Waals surface area (Å²) in [7, 11) is -3.71. The zero-order valence-corrected chi connectivity index (χ0v) is 8.16. The summed E-state index contributed by atoms with van der Waals surface area (Å²) in [5.41, 5.74) is 0. The molecule has 2 heterocycles. The van der Waals surface area contributed by atoms with E-state index in [1.165, 1.54) is 23.1 Å². The lowest BCUT2D eigenvalue weighted by Crippen LogP contribution is -2.12. The van der Waals surface area contributed by atoms with Crippen LogP contribution in [0.15, 0.2) is 29.6 Å². The molecule has 2 aromatic heterocycles. The van der Waals surface area contributed by atoms with Crippen LogP contribution in [0, 0.1) is 0 Å². The summed E-state index contributed by atoms with van der Waals surface area (Å²) < 4.78 is 23.1. The van der Waals surface area contributed by atoms with Crippen molar-refractivity contribution in [3.8, 4) is 5.82 Å². The van der Waals surface area contributed by atoms with Gasteiger partial charge in [-0.2, -0.15) is 4.68 Å². The fraction of sp³-hybridized carbons (Fsp3) is 0. The van der Waals surface area contributed by atoms with Gasteiger partial charge in [-0.3, -0.25) is 0 Å². The largest absolute Gasteiger partial charge is 0.239 e. The van der Waals surface area contributed by atoms with E-state index in [0.717, 1.165) is 6.20 Å². The molecule has 0 aliphatic rings. The van der Waals surface area contributed by atoms with Crippen LogP contribution in [0.3, 0.4) is 0 Å². The normalized spacial score (nSPS) is 11.5. The minimum Gasteiger partial charge on any atom is -0.236 e. The van der Waals surface area contributed by atoms with Gasteiger partial charge in [0.1, 0.15) is 11.2 Å². The Balaban J connectivity index is 2.42. The molecule has 0 spiro atoms. The van der Waals surface area contributed by atoms with Crippen LogP contribution in [0.2, 0.25) is 0 Å². The van der Waals surface area contributed by atoms with Crippen molar-refractivity contribution in [2.24, 2.45) is 5.14 Å². The fourth-order valence-electron chi connectivity index (χ4n) is 0.943. The SMILES string of the molecule is NS(=O)(=O)c1ccc(-n2cnnn2)nc1. The number of rotatable bonds is 2. The average molecular weight is 226 g/mol. The molecule has 2 N–H and O–H groups in total. The Morgan fingerprint density at radius 2 is 2.13 bits per heavy atom. The number of aromatic nitrogens is 5. The van der Waals surface area contributed by atoms with Crippen molar-refractivity contribution in [1.29, 1.82) is 0 Å².